The third-order valence-electron chi connectivity index (χ3n) is 2.14. The SMILES string of the molecule is CN(CCC(F)(F)F)c1ccc(C(=O)O)nc1. The van der Waals surface area contributed by atoms with Crippen LogP contribution in [0.1, 0.15) is 16.9 Å². The Morgan fingerprint density at radius 1 is 1.47 bits per heavy atom. The van der Waals surface area contributed by atoms with Crippen LogP contribution in [-0.2, 0) is 0 Å². The van der Waals surface area contributed by atoms with E-state index in [2.05, 4.69) is 4.98 Å². The lowest BCUT2D eigenvalue weighted by atomic mass is 10.3. The molecule has 4 nitrogen and oxygen atoms in total. The third kappa shape index (κ3) is 4.29. The van der Waals surface area contributed by atoms with Gasteiger partial charge in [-0.05, 0) is 12.1 Å². The Morgan fingerprint density at radius 3 is 2.53 bits per heavy atom. The van der Waals surface area contributed by atoms with E-state index in [-0.39, 0.29) is 12.2 Å². The second kappa shape index (κ2) is 5.03. The van der Waals surface area contributed by atoms with E-state index in [9.17, 15) is 18.0 Å². The number of rotatable bonds is 4. The van der Waals surface area contributed by atoms with Crippen LogP contribution in [-0.4, -0.2) is 35.8 Å². The van der Waals surface area contributed by atoms with Gasteiger partial charge in [0.15, 0.2) is 0 Å². The molecule has 17 heavy (non-hydrogen) atoms. The van der Waals surface area contributed by atoms with Gasteiger partial charge in [-0.15, -0.1) is 0 Å². The summed E-state index contributed by atoms with van der Waals surface area (Å²) in [5.74, 6) is -1.17. The van der Waals surface area contributed by atoms with E-state index < -0.39 is 18.6 Å². The van der Waals surface area contributed by atoms with Gasteiger partial charge in [0, 0.05) is 13.6 Å². The Balaban J connectivity index is 2.63. The van der Waals surface area contributed by atoms with E-state index in [1.54, 1.807) is 0 Å². The third-order valence-corrected chi connectivity index (χ3v) is 2.14. The average molecular weight is 248 g/mol. The molecule has 0 aliphatic heterocycles. The first-order valence-electron chi connectivity index (χ1n) is 4.77. The fourth-order valence-corrected chi connectivity index (χ4v) is 1.16. The van der Waals surface area contributed by atoms with Crippen molar-refractivity contribution in [3.8, 4) is 0 Å². The largest absolute Gasteiger partial charge is 0.477 e. The van der Waals surface area contributed by atoms with E-state index in [1.165, 1.54) is 30.3 Å². The van der Waals surface area contributed by atoms with Crippen molar-refractivity contribution in [2.45, 2.75) is 12.6 Å². The van der Waals surface area contributed by atoms with Crippen LogP contribution in [0.4, 0.5) is 18.9 Å². The monoisotopic (exact) mass is 248 g/mol. The van der Waals surface area contributed by atoms with Crippen LogP contribution in [0.5, 0.6) is 0 Å². The van der Waals surface area contributed by atoms with Gasteiger partial charge in [-0.1, -0.05) is 0 Å². The topological polar surface area (TPSA) is 53.4 Å². The molecule has 7 heteroatoms. The number of halogens is 3. The number of carboxylic acids is 1. The summed E-state index contributed by atoms with van der Waals surface area (Å²) in [6.07, 6.45) is -3.90. The van der Waals surface area contributed by atoms with E-state index in [1.807, 2.05) is 0 Å². The normalized spacial score (nSPS) is 11.3. The van der Waals surface area contributed by atoms with Crippen LogP contribution in [0, 0.1) is 0 Å². The van der Waals surface area contributed by atoms with Gasteiger partial charge >= 0.3 is 12.1 Å². The fraction of sp³-hybridized carbons (Fsp3) is 0.400. The maximum Gasteiger partial charge on any atom is 0.390 e. The molecular weight excluding hydrogens is 237 g/mol. The van der Waals surface area contributed by atoms with Gasteiger partial charge in [0.05, 0.1) is 18.3 Å². The van der Waals surface area contributed by atoms with Crippen molar-refractivity contribution in [3.63, 3.8) is 0 Å². The van der Waals surface area contributed by atoms with Crippen molar-refractivity contribution in [1.82, 2.24) is 4.98 Å². The minimum absolute atomic E-state index is 0.141. The average Bonchev–Trinajstić information content (AvgIpc) is 2.25. The number of hydrogen-bond donors (Lipinski definition) is 1. The summed E-state index contributed by atoms with van der Waals surface area (Å²) in [6.45, 7) is -0.197. The molecule has 0 atom stereocenters. The number of nitrogens with zero attached hydrogens (tertiary/aromatic N) is 2. The zero-order chi connectivity index (χ0) is 13.1. The summed E-state index contributed by atoms with van der Waals surface area (Å²) in [5, 5.41) is 8.60. The molecule has 1 aromatic rings. The maximum atomic E-state index is 12.0. The number of aromatic carboxylic acids is 1. The first-order valence-corrected chi connectivity index (χ1v) is 4.77. The van der Waals surface area contributed by atoms with Gasteiger partial charge in [0.1, 0.15) is 5.69 Å². The van der Waals surface area contributed by atoms with Crippen LogP contribution in [0.15, 0.2) is 18.3 Å². The number of alkyl halides is 3. The van der Waals surface area contributed by atoms with Crippen LogP contribution < -0.4 is 4.90 Å². The molecule has 0 aromatic carbocycles. The highest BCUT2D eigenvalue weighted by atomic mass is 19.4. The van der Waals surface area contributed by atoms with E-state index in [0.29, 0.717) is 5.69 Å². The highest BCUT2D eigenvalue weighted by Gasteiger charge is 2.27. The minimum Gasteiger partial charge on any atom is -0.477 e. The van der Waals surface area contributed by atoms with Crippen molar-refractivity contribution in [3.05, 3.63) is 24.0 Å². The minimum atomic E-state index is -4.21. The highest BCUT2D eigenvalue weighted by Crippen LogP contribution is 2.21. The Kier molecular flexibility index (Phi) is 3.93. The van der Waals surface area contributed by atoms with Crippen molar-refractivity contribution < 1.29 is 23.1 Å². The summed E-state index contributed by atoms with van der Waals surface area (Å²) in [7, 11) is 1.49. The highest BCUT2D eigenvalue weighted by molar-refractivity contribution is 5.85. The molecular formula is C10H11F3N2O2. The van der Waals surface area contributed by atoms with Gasteiger partial charge in [0.2, 0.25) is 0 Å². The van der Waals surface area contributed by atoms with Crippen LogP contribution in [0.2, 0.25) is 0 Å². The van der Waals surface area contributed by atoms with Crippen molar-refractivity contribution in [2.24, 2.45) is 0 Å². The molecule has 94 valence electrons. The molecule has 1 rings (SSSR count). The molecule has 0 aliphatic rings. The summed E-state index contributed by atoms with van der Waals surface area (Å²) in [5.41, 5.74) is 0.303. The molecule has 0 bridgehead atoms. The summed E-state index contributed by atoms with van der Waals surface area (Å²) >= 11 is 0. The van der Waals surface area contributed by atoms with Gasteiger partial charge < -0.3 is 10.0 Å². The first-order chi connectivity index (χ1) is 7.79. The smallest absolute Gasteiger partial charge is 0.390 e. The van der Waals surface area contributed by atoms with Crippen LogP contribution >= 0.6 is 0 Å². The number of hydrogen-bond acceptors (Lipinski definition) is 3. The molecule has 1 heterocycles. The Morgan fingerprint density at radius 2 is 2.12 bits per heavy atom. The molecule has 0 spiro atoms. The summed E-state index contributed by atoms with van der Waals surface area (Å²) in [4.78, 5) is 15.5. The lowest BCUT2D eigenvalue weighted by Crippen LogP contribution is -2.24. The Labute approximate surface area is 95.7 Å². The van der Waals surface area contributed by atoms with Crippen molar-refractivity contribution in [1.29, 1.82) is 0 Å². The van der Waals surface area contributed by atoms with Crippen molar-refractivity contribution in [2.75, 3.05) is 18.5 Å². The second-order valence-electron chi connectivity index (χ2n) is 3.49. The molecule has 0 amide bonds. The summed E-state index contributed by atoms with van der Waals surface area (Å²) < 4.78 is 35.9. The number of carbonyl (C=O) groups is 1. The van der Waals surface area contributed by atoms with Crippen LogP contribution in [0.3, 0.4) is 0 Å². The van der Waals surface area contributed by atoms with Crippen molar-refractivity contribution >= 4 is 11.7 Å². The van der Waals surface area contributed by atoms with E-state index >= 15 is 0 Å². The molecule has 0 saturated heterocycles. The maximum absolute atomic E-state index is 12.0. The number of aromatic nitrogens is 1. The number of pyridine rings is 1. The lowest BCUT2D eigenvalue weighted by Gasteiger charge is -2.19. The first kappa shape index (κ1) is 13.3. The predicted molar refractivity (Wildman–Crippen MR) is 55.1 cm³/mol. The second-order valence-corrected chi connectivity index (χ2v) is 3.49. The molecule has 0 fully saturated rings. The fourth-order valence-electron chi connectivity index (χ4n) is 1.16. The van der Waals surface area contributed by atoms with Gasteiger partial charge in [-0.2, -0.15) is 13.2 Å². The zero-order valence-electron chi connectivity index (χ0n) is 9.03. The molecule has 1 aromatic heterocycles. The molecule has 0 radical (unpaired) electrons. The molecule has 0 aliphatic carbocycles. The van der Waals surface area contributed by atoms with Gasteiger partial charge in [-0.3, -0.25) is 0 Å². The van der Waals surface area contributed by atoms with E-state index in [4.69, 9.17) is 5.11 Å². The van der Waals surface area contributed by atoms with E-state index in [0.717, 1.165) is 0 Å². The predicted octanol–water partition coefficient (Wildman–Crippen LogP) is 2.17. The molecule has 1 N–H and O–H groups in total. The van der Waals surface area contributed by atoms with Gasteiger partial charge in [-0.25, -0.2) is 9.78 Å². The summed E-state index contributed by atoms with van der Waals surface area (Å²) in [6, 6.07) is 2.68. The molecule has 0 saturated carbocycles. The van der Waals surface area contributed by atoms with Crippen LogP contribution in [0.25, 0.3) is 0 Å². The number of anilines is 1. The standard InChI is InChI=1S/C10H11F3N2O2/c1-15(5-4-10(11,12)13)7-2-3-8(9(16)17)14-6-7/h2-3,6H,4-5H2,1H3,(H,16,17). The lowest BCUT2D eigenvalue weighted by molar-refractivity contribution is -0.132. The van der Waals surface area contributed by atoms with Gasteiger partial charge in [0.25, 0.3) is 0 Å². The quantitative estimate of drug-likeness (QED) is 0.887. The zero-order valence-corrected chi connectivity index (χ0v) is 9.03. The Hall–Kier alpha value is -1.79. The molecule has 0 unspecified atom stereocenters. The Bertz CT molecular complexity index is 390. The number of carboxylic acid groups (broad SMARTS) is 1.